The summed E-state index contributed by atoms with van der Waals surface area (Å²) < 4.78 is 36.3. The minimum absolute atomic E-state index is 0.0332. The number of nitrogens with zero attached hydrogens (tertiary/aromatic N) is 10. The third-order valence-electron chi connectivity index (χ3n) is 31.3. The standard InChI is InChI=1S/C24H27FN2O2.C24H28N2O2.C24H28O2.C22H24FN3O2.C22H25N3O2/c1-13-9-16-17(24(5,6)8-7-23(16,3)4)11-20(13)27-14(2)26-19-10-15(22(28)29)18(25)12-21(19)27;1-14-11-17-18(24(5,6)10-9-23(17,3)4)13-21(14)26-15(2)25-19-12-16(22(27)28)7-8-20(19)26;1-15-13-20-21(24(5,6)12-11-23(20,3)4)14-19(15)16(2)17-7-9-18(10-8-17)22(25)26;1-12-8-14-15(22(4,5)7-6-21(14,2)3)10-18(12)26-19-11-16(23)13(20(27)28)9-17(19)24-25-26;1-13-10-15-16(22(4,5)9-8-21(15,2)3)12-19(13)25-18-7-6-14(20(26)27)11-17(18)23-24-25/h9-12H,7-8H2,1-6H3,(H,28,29);7-8,11-13H,9-10H2,1-6H3,(H,27,28);7-10,13-14H,2,11-12H2,1,3-6H3,(H,25,26);8-11H,6-7H2,1-5H3,(H,27,28);6-7,10-12H,8-9H2,1-5H3,(H,26,27). The van der Waals surface area contributed by atoms with Crippen LogP contribution in [-0.4, -0.2) is 104 Å². The fourth-order valence-electron chi connectivity index (χ4n) is 21.6. The Morgan fingerprint density at radius 3 is 0.891 bits per heavy atom. The average molecular weight is 1860 g/mol. The minimum atomic E-state index is -1.32. The zero-order valence-electron chi connectivity index (χ0n) is 85.1. The number of benzene rings is 10. The van der Waals surface area contributed by atoms with Gasteiger partial charge in [0.1, 0.15) is 34.3 Å². The molecule has 0 bridgehead atoms. The second-order valence-corrected chi connectivity index (χ2v) is 45.9. The van der Waals surface area contributed by atoms with Gasteiger partial charge in [-0.1, -0.05) is 204 Å². The van der Waals surface area contributed by atoms with Gasteiger partial charge < -0.3 is 25.5 Å². The van der Waals surface area contributed by atoms with Crippen molar-refractivity contribution in [2.75, 3.05) is 0 Å². The molecule has 20 nitrogen and oxygen atoms in total. The SMILES string of the molecule is C=C(c1ccc(C(=O)O)cc1)c1cc2c(cc1C)C(C)(C)CCC2(C)C.Cc1cc2c(cc1-n1c(C)nc3cc(C(=O)O)c(F)cc31)C(C)(C)CCC2(C)C.Cc1cc2c(cc1-n1c(C)nc3cc(C(=O)O)ccc31)C(C)(C)CCC2(C)C.Cc1cc2c(cc1-n1nnc3cc(C(=O)O)c(F)cc31)C(C)(C)CCC2(C)C.Cc1cc2c(cc1-n1nnc3cc(C(=O)O)ccc31)C(C)(C)CCC2(C)C. The highest BCUT2D eigenvalue weighted by Crippen LogP contribution is 2.54. The molecule has 0 fully saturated rings. The second kappa shape index (κ2) is 35.1. The van der Waals surface area contributed by atoms with Crippen LogP contribution in [0.15, 0.2) is 152 Å². The Morgan fingerprint density at radius 2 is 0.536 bits per heavy atom. The van der Waals surface area contributed by atoms with Crippen molar-refractivity contribution in [2.24, 2.45) is 0 Å². The van der Waals surface area contributed by atoms with Crippen molar-refractivity contribution in [3.8, 4) is 22.7 Å². The largest absolute Gasteiger partial charge is 0.478 e. The molecule has 138 heavy (non-hydrogen) atoms. The van der Waals surface area contributed by atoms with E-state index in [2.05, 4.69) is 269 Å². The summed E-state index contributed by atoms with van der Waals surface area (Å²) >= 11 is 0. The maximum Gasteiger partial charge on any atom is 0.338 e. The van der Waals surface area contributed by atoms with Crippen LogP contribution in [-0.2, 0) is 54.1 Å². The van der Waals surface area contributed by atoms with Crippen molar-refractivity contribution in [1.82, 2.24) is 49.1 Å². The van der Waals surface area contributed by atoms with E-state index in [0.29, 0.717) is 44.5 Å². The van der Waals surface area contributed by atoms with E-state index in [-0.39, 0.29) is 70.8 Å². The van der Waals surface area contributed by atoms with Crippen molar-refractivity contribution in [3.63, 3.8) is 0 Å². The van der Waals surface area contributed by atoms with E-state index in [9.17, 15) is 48.1 Å². The molecule has 0 amide bonds. The van der Waals surface area contributed by atoms with E-state index < -0.39 is 47.0 Å². The number of carboxylic acid groups (broad SMARTS) is 5. The predicted octanol–water partition coefficient (Wildman–Crippen LogP) is 27.3. The molecule has 4 aromatic heterocycles. The molecule has 10 aromatic carbocycles. The van der Waals surface area contributed by atoms with E-state index in [1.54, 1.807) is 47.1 Å². The number of aromatic carboxylic acids is 5. The first-order valence-corrected chi connectivity index (χ1v) is 47.9. The van der Waals surface area contributed by atoms with Crippen LogP contribution >= 0.6 is 0 Å². The maximum atomic E-state index is 14.5. The third kappa shape index (κ3) is 18.3. The van der Waals surface area contributed by atoms with Crippen LogP contribution in [0.1, 0.15) is 361 Å². The summed E-state index contributed by atoms with van der Waals surface area (Å²) in [7, 11) is 0. The molecule has 0 aliphatic heterocycles. The normalized spacial score (nSPS) is 17.5. The Labute approximate surface area is 808 Å². The zero-order chi connectivity index (χ0) is 101. The Morgan fingerprint density at radius 1 is 0.275 bits per heavy atom. The summed E-state index contributed by atoms with van der Waals surface area (Å²) in [6, 6.07) is 44.9. The summed E-state index contributed by atoms with van der Waals surface area (Å²) in [6.07, 6.45) is 11.5. The Bertz CT molecular complexity index is 7400. The van der Waals surface area contributed by atoms with Gasteiger partial charge in [0.15, 0.2) is 0 Å². The molecule has 0 unspecified atom stereocenters. The van der Waals surface area contributed by atoms with Gasteiger partial charge >= 0.3 is 29.8 Å². The van der Waals surface area contributed by atoms with Crippen molar-refractivity contribution in [3.05, 3.63) is 298 Å². The minimum Gasteiger partial charge on any atom is -0.478 e. The molecule has 22 heteroatoms. The lowest BCUT2D eigenvalue weighted by molar-refractivity contribution is 0.0681. The van der Waals surface area contributed by atoms with Crippen LogP contribution in [0.5, 0.6) is 0 Å². The zero-order valence-corrected chi connectivity index (χ0v) is 85.1. The van der Waals surface area contributed by atoms with Crippen LogP contribution in [0.3, 0.4) is 0 Å². The van der Waals surface area contributed by atoms with Crippen LogP contribution in [0.2, 0.25) is 0 Å². The Hall–Kier alpha value is -13.1. The van der Waals surface area contributed by atoms with Crippen molar-refractivity contribution < 1.29 is 58.3 Å². The van der Waals surface area contributed by atoms with Gasteiger partial charge in [0.05, 0.1) is 83.7 Å². The summed E-state index contributed by atoms with van der Waals surface area (Å²) in [5.41, 5.74) is 32.7. The topological polar surface area (TPSA) is 284 Å². The van der Waals surface area contributed by atoms with Gasteiger partial charge in [0.25, 0.3) is 0 Å². The summed E-state index contributed by atoms with van der Waals surface area (Å²) in [4.78, 5) is 65.3. The number of carboxylic acids is 5. The molecule has 5 aliphatic carbocycles. The number of aryl methyl sites for hydroxylation is 7. The highest BCUT2D eigenvalue weighted by Gasteiger charge is 2.44. The molecule has 19 rings (SSSR count). The molecule has 720 valence electrons. The molecule has 4 heterocycles. The van der Waals surface area contributed by atoms with Gasteiger partial charge in [-0.2, -0.15) is 0 Å². The number of hydrogen-bond donors (Lipinski definition) is 5. The lowest BCUT2D eigenvalue weighted by atomic mass is 9.62. The number of hydrogen-bond acceptors (Lipinski definition) is 11. The van der Waals surface area contributed by atoms with Crippen molar-refractivity contribution >= 4 is 79.6 Å². The molecule has 14 aromatic rings. The summed E-state index contributed by atoms with van der Waals surface area (Å²) in [5.74, 6) is -5.36. The van der Waals surface area contributed by atoms with Gasteiger partial charge in [-0.15, -0.1) is 10.2 Å². The van der Waals surface area contributed by atoms with Gasteiger partial charge in [-0.25, -0.2) is 52.1 Å². The number of aromatic nitrogens is 10. The molecule has 0 saturated heterocycles. The molecule has 0 saturated carbocycles. The first-order chi connectivity index (χ1) is 64.1. The molecule has 5 aliphatic rings. The van der Waals surface area contributed by atoms with Gasteiger partial charge in [0.2, 0.25) is 0 Å². The van der Waals surface area contributed by atoms with Crippen LogP contribution < -0.4 is 0 Å². The Kier molecular flexibility index (Phi) is 25.3. The smallest absolute Gasteiger partial charge is 0.338 e. The number of halogens is 2. The summed E-state index contributed by atoms with van der Waals surface area (Å²) in [5, 5.41) is 62.8. The average Bonchev–Trinajstić information content (AvgIpc) is 0.922. The second-order valence-electron chi connectivity index (χ2n) is 45.9. The molecular weight excluding hydrogens is 1730 g/mol. The van der Waals surface area contributed by atoms with Crippen LogP contribution in [0, 0.1) is 60.1 Å². The molecular formula is C116H132F2N10O10. The molecule has 5 N–H and O–H groups in total. The lowest BCUT2D eigenvalue weighted by Gasteiger charge is -2.42. The van der Waals surface area contributed by atoms with Gasteiger partial charge in [0, 0.05) is 12.1 Å². The number of fused-ring (bicyclic) bond motifs is 9. The number of imidazole rings is 2. The van der Waals surface area contributed by atoms with E-state index in [1.807, 2.05) is 48.2 Å². The van der Waals surface area contributed by atoms with E-state index >= 15 is 0 Å². The molecule has 0 spiro atoms. The number of carbonyl (C=O) groups is 5. The lowest BCUT2D eigenvalue weighted by Crippen LogP contribution is -2.34. The highest BCUT2D eigenvalue weighted by molar-refractivity contribution is 5.96. The van der Waals surface area contributed by atoms with E-state index in [0.717, 1.165) is 105 Å². The fourth-order valence-corrected chi connectivity index (χ4v) is 21.6. The van der Waals surface area contributed by atoms with E-state index in [4.69, 9.17) is 10.2 Å². The van der Waals surface area contributed by atoms with Crippen LogP contribution in [0.4, 0.5) is 8.78 Å². The van der Waals surface area contributed by atoms with Crippen molar-refractivity contribution in [1.29, 1.82) is 0 Å². The highest BCUT2D eigenvalue weighted by atomic mass is 19.1. The predicted molar refractivity (Wildman–Crippen MR) is 545 cm³/mol. The van der Waals surface area contributed by atoms with Crippen LogP contribution in [0.25, 0.3) is 72.5 Å². The van der Waals surface area contributed by atoms with Crippen molar-refractivity contribution in [2.45, 2.75) is 305 Å². The fraction of sp³-hybridized carbons (Fsp3) is 0.405. The molecule has 0 radical (unpaired) electrons. The van der Waals surface area contributed by atoms with Gasteiger partial charge in [-0.3, -0.25) is 9.13 Å². The summed E-state index contributed by atoms with van der Waals surface area (Å²) in [6.45, 7) is 64.7. The first kappa shape index (κ1) is 99.4. The molecule has 0 atom stereocenters. The third-order valence-corrected chi connectivity index (χ3v) is 31.3. The number of rotatable bonds is 11. The van der Waals surface area contributed by atoms with E-state index in [1.165, 1.54) is 123 Å². The maximum absolute atomic E-state index is 14.5. The monoisotopic (exact) mass is 1860 g/mol. The quantitative estimate of drug-likeness (QED) is 0.0804. The first-order valence-electron chi connectivity index (χ1n) is 47.9. The Balaban J connectivity index is 0.000000131. The van der Waals surface area contributed by atoms with Gasteiger partial charge in [-0.05, 0) is 352 Å².